The fourth-order valence-electron chi connectivity index (χ4n) is 4.73. The van der Waals surface area contributed by atoms with Crippen molar-refractivity contribution in [1.82, 2.24) is 13.8 Å². The number of carbonyl (C=O) groups is 2. The Morgan fingerprint density at radius 2 is 1.70 bits per heavy atom. The number of aromatic nitrogens is 1. The van der Waals surface area contributed by atoms with Gasteiger partial charge in [-0.2, -0.15) is 4.31 Å². The first-order chi connectivity index (χ1) is 15.7. The molecule has 1 aromatic carbocycles. The molecule has 1 aliphatic carbocycles. The van der Waals surface area contributed by atoms with Crippen LogP contribution in [0.25, 0.3) is 0 Å². The number of esters is 1. The summed E-state index contributed by atoms with van der Waals surface area (Å²) < 4.78 is 34.6. The zero-order valence-electron chi connectivity index (χ0n) is 19.5. The van der Waals surface area contributed by atoms with Gasteiger partial charge in [-0.15, -0.1) is 0 Å². The normalized spacial score (nSPS) is 16.6. The number of nitrogens with zero attached hydrogens (tertiary/aromatic N) is 3. The van der Waals surface area contributed by atoms with E-state index in [1.165, 1.54) is 9.87 Å². The van der Waals surface area contributed by atoms with E-state index >= 15 is 0 Å². The lowest BCUT2D eigenvalue weighted by atomic mass is 10.1. The molecule has 1 aromatic heterocycles. The Morgan fingerprint density at radius 3 is 2.39 bits per heavy atom. The van der Waals surface area contributed by atoms with Crippen LogP contribution in [0.15, 0.2) is 29.2 Å². The molecule has 0 unspecified atom stereocenters. The van der Waals surface area contributed by atoms with E-state index in [0.717, 1.165) is 30.5 Å². The largest absolute Gasteiger partial charge is 0.462 e. The summed E-state index contributed by atoms with van der Waals surface area (Å²) in [6.07, 6.45) is 3.01. The van der Waals surface area contributed by atoms with Crippen LogP contribution in [0.4, 0.5) is 0 Å². The highest BCUT2D eigenvalue weighted by Gasteiger charge is 2.31. The molecular weight excluding hydrogens is 442 g/mol. The van der Waals surface area contributed by atoms with Crippen molar-refractivity contribution in [2.45, 2.75) is 51.5 Å². The van der Waals surface area contributed by atoms with Crippen LogP contribution < -0.4 is 0 Å². The van der Waals surface area contributed by atoms with Gasteiger partial charge in [-0.25, -0.2) is 13.2 Å². The van der Waals surface area contributed by atoms with Crippen LogP contribution >= 0.6 is 0 Å². The van der Waals surface area contributed by atoms with E-state index in [1.807, 2.05) is 23.6 Å². The fraction of sp³-hybridized carbons (Fsp3) is 0.500. The van der Waals surface area contributed by atoms with Crippen molar-refractivity contribution >= 4 is 21.9 Å². The molecule has 2 aliphatic rings. The lowest BCUT2D eigenvalue weighted by molar-refractivity contribution is -0.133. The quantitative estimate of drug-likeness (QED) is 0.601. The molecule has 1 aliphatic heterocycles. The van der Waals surface area contributed by atoms with Crippen LogP contribution in [-0.2, 0) is 38.9 Å². The van der Waals surface area contributed by atoms with Crippen LogP contribution in [0.2, 0.25) is 0 Å². The molecule has 0 bridgehead atoms. The summed E-state index contributed by atoms with van der Waals surface area (Å²) >= 11 is 0. The van der Waals surface area contributed by atoms with Crippen LogP contribution in [0.5, 0.6) is 0 Å². The second-order valence-electron chi connectivity index (χ2n) is 8.66. The maximum Gasteiger partial charge on any atom is 0.339 e. The predicted molar refractivity (Wildman–Crippen MR) is 124 cm³/mol. The number of piperazine rings is 1. The SMILES string of the molecule is CCOC(=O)c1cc(C)n(CC(=O)N2CCN(S(=O)(=O)c3ccc4c(c3)CCC4)CC2)c1C. The van der Waals surface area contributed by atoms with E-state index in [-0.39, 0.29) is 25.5 Å². The van der Waals surface area contributed by atoms with E-state index in [1.54, 1.807) is 30.9 Å². The van der Waals surface area contributed by atoms with E-state index in [0.29, 0.717) is 35.8 Å². The monoisotopic (exact) mass is 473 g/mol. The minimum atomic E-state index is -3.58. The summed E-state index contributed by atoms with van der Waals surface area (Å²) in [6, 6.07) is 7.19. The first-order valence-corrected chi connectivity index (χ1v) is 12.9. The van der Waals surface area contributed by atoms with Crippen LogP contribution in [-0.4, -0.2) is 66.9 Å². The third-order valence-electron chi connectivity index (χ3n) is 6.66. The molecule has 1 fully saturated rings. The lowest BCUT2D eigenvalue weighted by Crippen LogP contribution is -2.51. The number of benzene rings is 1. The molecular formula is C24H31N3O5S. The predicted octanol–water partition coefficient (Wildman–Crippen LogP) is 2.30. The number of aryl methyl sites for hydroxylation is 3. The lowest BCUT2D eigenvalue weighted by Gasteiger charge is -2.34. The Morgan fingerprint density at radius 1 is 1.00 bits per heavy atom. The average molecular weight is 474 g/mol. The van der Waals surface area contributed by atoms with E-state index in [2.05, 4.69) is 0 Å². The number of carbonyl (C=O) groups excluding carboxylic acids is 2. The molecule has 0 spiro atoms. The minimum Gasteiger partial charge on any atom is -0.462 e. The molecule has 1 saturated heterocycles. The molecule has 9 heteroatoms. The summed E-state index contributed by atoms with van der Waals surface area (Å²) in [5.41, 5.74) is 4.34. The minimum absolute atomic E-state index is 0.0956. The summed E-state index contributed by atoms with van der Waals surface area (Å²) in [5, 5.41) is 0. The zero-order valence-corrected chi connectivity index (χ0v) is 20.3. The van der Waals surface area contributed by atoms with Gasteiger partial charge in [-0.05, 0) is 69.4 Å². The van der Waals surface area contributed by atoms with Gasteiger partial charge < -0.3 is 14.2 Å². The number of hydrogen-bond donors (Lipinski definition) is 0. The first-order valence-electron chi connectivity index (χ1n) is 11.5. The summed E-state index contributed by atoms with van der Waals surface area (Å²) in [4.78, 5) is 27.1. The number of fused-ring (bicyclic) bond motifs is 1. The summed E-state index contributed by atoms with van der Waals surface area (Å²) in [6.45, 7) is 7.02. The van der Waals surface area contributed by atoms with E-state index < -0.39 is 16.0 Å². The Bertz CT molecular complexity index is 1180. The highest BCUT2D eigenvalue weighted by molar-refractivity contribution is 7.89. The smallest absolute Gasteiger partial charge is 0.339 e. The van der Waals surface area contributed by atoms with E-state index in [4.69, 9.17) is 4.74 Å². The topological polar surface area (TPSA) is 88.9 Å². The summed E-state index contributed by atoms with van der Waals surface area (Å²) in [5.74, 6) is -0.489. The van der Waals surface area contributed by atoms with Crippen LogP contribution in [0.3, 0.4) is 0 Å². The Labute approximate surface area is 195 Å². The molecule has 0 N–H and O–H groups in total. The van der Waals surface area contributed by atoms with Gasteiger partial charge in [-0.3, -0.25) is 4.79 Å². The number of rotatable bonds is 6. The number of hydrogen-bond acceptors (Lipinski definition) is 5. The maximum atomic E-state index is 13.1. The highest BCUT2D eigenvalue weighted by Crippen LogP contribution is 2.27. The average Bonchev–Trinajstić information content (AvgIpc) is 3.38. The maximum absolute atomic E-state index is 13.1. The molecule has 178 valence electrons. The number of ether oxygens (including phenoxy) is 1. The third-order valence-corrected chi connectivity index (χ3v) is 8.56. The van der Waals surface area contributed by atoms with E-state index in [9.17, 15) is 18.0 Å². The molecule has 0 radical (unpaired) electrons. The van der Waals surface area contributed by atoms with Gasteiger partial charge in [0.05, 0.1) is 17.1 Å². The first kappa shape index (κ1) is 23.5. The van der Waals surface area contributed by atoms with Crippen molar-refractivity contribution in [1.29, 1.82) is 0 Å². The van der Waals surface area contributed by atoms with Crippen LogP contribution in [0.1, 0.15) is 46.2 Å². The van der Waals surface area contributed by atoms with Crippen molar-refractivity contribution in [2.24, 2.45) is 0 Å². The second kappa shape index (κ2) is 9.30. The van der Waals surface area contributed by atoms with Crippen molar-refractivity contribution in [2.75, 3.05) is 32.8 Å². The van der Waals surface area contributed by atoms with Crippen molar-refractivity contribution in [3.05, 3.63) is 52.3 Å². The summed E-state index contributed by atoms with van der Waals surface area (Å²) in [7, 11) is -3.58. The molecule has 4 rings (SSSR count). The van der Waals surface area contributed by atoms with Gasteiger partial charge in [0, 0.05) is 37.6 Å². The van der Waals surface area contributed by atoms with Gasteiger partial charge in [0.1, 0.15) is 6.54 Å². The highest BCUT2D eigenvalue weighted by atomic mass is 32.2. The Hall–Kier alpha value is -2.65. The molecule has 2 heterocycles. The van der Waals surface area contributed by atoms with Gasteiger partial charge in [0.25, 0.3) is 0 Å². The van der Waals surface area contributed by atoms with Gasteiger partial charge in [0.15, 0.2) is 0 Å². The molecule has 2 aromatic rings. The van der Waals surface area contributed by atoms with Crippen molar-refractivity contribution < 1.29 is 22.7 Å². The van der Waals surface area contributed by atoms with Crippen LogP contribution in [0, 0.1) is 13.8 Å². The second-order valence-corrected chi connectivity index (χ2v) is 10.6. The zero-order chi connectivity index (χ0) is 23.8. The molecule has 0 atom stereocenters. The standard InChI is InChI=1S/C24H31N3O5S/c1-4-32-24(29)22-14-17(2)27(18(22)3)16-23(28)25-10-12-26(13-11-25)33(30,31)21-9-8-19-6-5-7-20(19)15-21/h8-9,14-15H,4-7,10-13,16H2,1-3H3. The van der Waals surface area contributed by atoms with Crippen molar-refractivity contribution in [3.8, 4) is 0 Å². The molecule has 1 amide bonds. The Kier molecular flexibility index (Phi) is 6.63. The third kappa shape index (κ3) is 4.56. The van der Waals surface area contributed by atoms with Gasteiger partial charge in [0.2, 0.25) is 15.9 Å². The number of sulfonamides is 1. The molecule has 33 heavy (non-hydrogen) atoms. The van der Waals surface area contributed by atoms with Gasteiger partial charge >= 0.3 is 5.97 Å². The van der Waals surface area contributed by atoms with Gasteiger partial charge in [-0.1, -0.05) is 6.07 Å². The Balaban J connectivity index is 1.40. The fourth-order valence-corrected chi connectivity index (χ4v) is 6.20. The number of amides is 1. The molecule has 0 saturated carbocycles. The van der Waals surface area contributed by atoms with Crippen molar-refractivity contribution in [3.63, 3.8) is 0 Å². The molecule has 8 nitrogen and oxygen atoms in total.